The molecule has 0 bridgehead atoms. The van der Waals surface area contributed by atoms with Crippen molar-refractivity contribution >= 4 is 17.5 Å². The van der Waals surface area contributed by atoms with Crippen molar-refractivity contribution in [1.82, 2.24) is 19.7 Å². The lowest BCUT2D eigenvalue weighted by molar-refractivity contribution is -0.135. The van der Waals surface area contributed by atoms with Crippen LogP contribution in [0.15, 0.2) is 48.8 Å². The van der Waals surface area contributed by atoms with Crippen LogP contribution in [0.5, 0.6) is 0 Å². The Kier molecular flexibility index (Phi) is 5.24. The van der Waals surface area contributed by atoms with Crippen LogP contribution in [-0.2, 0) is 15.0 Å². The maximum Gasteiger partial charge on any atom is 0.237 e. The Morgan fingerprint density at radius 1 is 1.10 bits per heavy atom. The summed E-state index contributed by atoms with van der Waals surface area (Å²) in [5.41, 5.74) is 1.99. The number of likely N-dealkylation sites (tertiary alicyclic amines) is 1. The van der Waals surface area contributed by atoms with Gasteiger partial charge in [0.15, 0.2) is 0 Å². The van der Waals surface area contributed by atoms with Crippen molar-refractivity contribution in [3.05, 3.63) is 59.9 Å². The van der Waals surface area contributed by atoms with Crippen molar-refractivity contribution in [2.45, 2.75) is 24.8 Å². The van der Waals surface area contributed by atoms with Gasteiger partial charge in [-0.1, -0.05) is 31.2 Å². The van der Waals surface area contributed by atoms with E-state index in [0.29, 0.717) is 19.5 Å². The summed E-state index contributed by atoms with van der Waals surface area (Å²) in [5.74, 6) is 0.0715. The molecule has 3 aliphatic rings. The first-order chi connectivity index (χ1) is 15.1. The van der Waals surface area contributed by atoms with Gasteiger partial charge in [0.25, 0.3) is 0 Å². The van der Waals surface area contributed by atoms with E-state index in [-0.39, 0.29) is 17.9 Å². The molecule has 2 amide bonds. The maximum atomic E-state index is 13.5. The summed E-state index contributed by atoms with van der Waals surface area (Å²) in [4.78, 5) is 37.8. The highest BCUT2D eigenvalue weighted by Gasteiger charge is 2.59. The number of para-hydroxylation sites is 1. The second-order valence-corrected chi connectivity index (χ2v) is 8.71. The van der Waals surface area contributed by atoms with Crippen LogP contribution in [0.25, 0.3) is 0 Å². The predicted octanol–water partition coefficient (Wildman–Crippen LogP) is 1.88. The summed E-state index contributed by atoms with van der Waals surface area (Å²) >= 11 is 0. The van der Waals surface area contributed by atoms with Crippen molar-refractivity contribution in [3.63, 3.8) is 0 Å². The van der Waals surface area contributed by atoms with Gasteiger partial charge in [-0.2, -0.15) is 0 Å². The van der Waals surface area contributed by atoms with Crippen molar-refractivity contribution in [2.24, 2.45) is 0 Å². The number of hydrogen-bond acceptors (Lipinski definition) is 5. The number of rotatable bonds is 4. The Morgan fingerprint density at radius 2 is 1.87 bits per heavy atom. The molecule has 162 valence electrons. The lowest BCUT2D eigenvalue weighted by Gasteiger charge is -2.37. The van der Waals surface area contributed by atoms with Crippen LogP contribution in [0, 0.1) is 0 Å². The topological polar surface area (TPSA) is 68.8 Å². The van der Waals surface area contributed by atoms with Gasteiger partial charge in [-0.15, -0.1) is 0 Å². The monoisotopic (exact) mass is 419 g/mol. The average Bonchev–Trinajstić information content (AvgIpc) is 3.34. The molecule has 3 aliphatic heterocycles. The SMILES string of the molecule is CCN1CCN(CC(=O)N2CCC3(C(=O)Nc4ccccc43)C2c2cccnc2)CC1. The molecular weight excluding hydrogens is 390 g/mol. The Morgan fingerprint density at radius 3 is 2.61 bits per heavy atom. The number of carbonyl (C=O) groups excluding carboxylic acids is 2. The molecule has 2 atom stereocenters. The van der Waals surface area contributed by atoms with Crippen molar-refractivity contribution in [2.75, 3.05) is 51.1 Å². The molecule has 1 spiro atoms. The normalized spacial score (nSPS) is 26.3. The molecule has 5 rings (SSSR count). The zero-order valence-corrected chi connectivity index (χ0v) is 18.0. The number of anilines is 1. The molecule has 2 aromatic rings. The molecule has 4 heterocycles. The number of benzene rings is 1. The third-order valence-electron chi connectivity index (χ3n) is 7.18. The molecular formula is C24H29N5O2. The summed E-state index contributed by atoms with van der Waals surface area (Å²) in [5, 5.41) is 3.07. The van der Waals surface area contributed by atoms with E-state index < -0.39 is 5.41 Å². The third kappa shape index (κ3) is 3.32. The molecule has 2 unspecified atom stereocenters. The average molecular weight is 420 g/mol. The number of pyridine rings is 1. The van der Waals surface area contributed by atoms with E-state index in [1.165, 1.54) is 0 Å². The number of amides is 2. The molecule has 31 heavy (non-hydrogen) atoms. The van der Waals surface area contributed by atoms with Gasteiger partial charge in [0.2, 0.25) is 11.8 Å². The van der Waals surface area contributed by atoms with Crippen LogP contribution < -0.4 is 5.32 Å². The van der Waals surface area contributed by atoms with Gasteiger partial charge in [-0.05, 0) is 36.2 Å². The zero-order valence-electron chi connectivity index (χ0n) is 18.0. The number of nitrogens with zero attached hydrogens (tertiary/aromatic N) is 4. The fourth-order valence-electron chi connectivity index (χ4n) is 5.50. The van der Waals surface area contributed by atoms with Gasteiger partial charge in [-0.3, -0.25) is 19.5 Å². The van der Waals surface area contributed by atoms with Gasteiger partial charge < -0.3 is 15.1 Å². The lowest BCUT2D eigenvalue weighted by atomic mass is 9.73. The van der Waals surface area contributed by atoms with E-state index in [0.717, 1.165) is 49.5 Å². The largest absolute Gasteiger partial charge is 0.333 e. The first kappa shape index (κ1) is 20.2. The zero-order chi connectivity index (χ0) is 21.4. The van der Waals surface area contributed by atoms with Crippen LogP contribution in [0.2, 0.25) is 0 Å². The molecule has 2 saturated heterocycles. The number of likely N-dealkylation sites (N-methyl/N-ethyl adjacent to an activating group) is 1. The van der Waals surface area contributed by atoms with Gasteiger partial charge in [0, 0.05) is 50.8 Å². The van der Waals surface area contributed by atoms with Crippen LogP contribution in [-0.4, -0.2) is 77.3 Å². The number of aromatic nitrogens is 1. The van der Waals surface area contributed by atoms with Crippen LogP contribution in [0.3, 0.4) is 0 Å². The maximum absolute atomic E-state index is 13.5. The van der Waals surface area contributed by atoms with Crippen LogP contribution in [0.1, 0.15) is 30.5 Å². The smallest absolute Gasteiger partial charge is 0.237 e. The number of piperazine rings is 1. The Labute approximate surface area is 183 Å². The van der Waals surface area contributed by atoms with E-state index in [1.54, 1.807) is 12.4 Å². The highest BCUT2D eigenvalue weighted by Crippen LogP contribution is 2.54. The Balaban J connectivity index is 1.46. The number of hydrogen-bond donors (Lipinski definition) is 1. The number of fused-ring (bicyclic) bond motifs is 2. The van der Waals surface area contributed by atoms with E-state index >= 15 is 0 Å². The van der Waals surface area contributed by atoms with Crippen molar-refractivity contribution < 1.29 is 9.59 Å². The molecule has 1 aromatic carbocycles. The van der Waals surface area contributed by atoms with Crippen molar-refractivity contribution in [3.8, 4) is 0 Å². The second kappa shape index (κ2) is 8.05. The number of nitrogens with one attached hydrogen (secondary N) is 1. The Hall–Kier alpha value is -2.77. The molecule has 0 aliphatic carbocycles. The minimum Gasteiger partial charge on any atom is -0.333 e. The minimum absolute atomic E-state index is 0.0191. The van der Waals surface area contributed by atoms with E-state index in [2.05, 4.69) is 27.0 Å². The summed E-state index contributed by atoms with van der Waals surface area (Å²) in [7, 11) is 0. The van der Waals surface area contributed by atoms with Crippen LogP contribution >= 0.6 is 0 Å². The van der Waals surface area contributed by atoms with Crippen molar-refractivity contribution in [1.29, 1.82) is 0 Å². The fraction of sp³-hybridized carbons (Fsp3) is 0.458. The summed E-state index contributed by atoms with van der Waals surface area (Å²) < 4.78 is 0. The highest BCUT2D eigenvalue weighted by atomic mass is 16.2. The quantitative estimate of drug-likeness (QED) is 0.820. The molecule has 7 heteroatoms. The highest BCUT2D eigenvalue weighted by molar-refractivity contribution is 6.07. The molecule has 0 saturated carbocycles. The minimum atomic E-state index is -0.768. The molecule has 7 nitrogen and oxygen atoms in total. The lowest BCUT2D eigenvalue weighted by Crippen LogP contribution is -2.50. The first-order valence-electron chi connectivity index (χ1n) is 11.2. The molecule has 1 aromatic heterocycles. The third-order valence-corrected chi connectivity index (χ3v) is 7.18. The predicted molar refractivity (Wildman–Crippen MR) is 119 cm³/mol. The second-order valence-electron chi connectivity index (χ2n) is 8.71. The summed E-state index contributed by atoms with van der Waals surface area (Å²) in [6.07, 6.45) is 4.14. The van der Waals surface area contributed by atoms with Crippen LogP contribution in [0.4, 0.5) is 5.69 Å². The Bertz CT molecular complexity index is 973. The van der Waals surface area contributed by atoms with Gasteiger partial charge in [0.05, 0.1) is 12.6 Å². The van der Waals surface area contributed by atoms with E-state index in [4.69, 9.17) is 0 Å². The van der Waals surface area contributed by atoms with E-state index in [9.17, 15) is 9.59 Å². The first-order valence-corrected chi connectivity index (χ1v) is 11.2. The summed E-state index contributed by atoms with van der Waals surface area (Å²) in [6, 6.07) is 11.4. The standard InChI is InChI=1S/C24H29N5O2/c1-2-27-12-14-28(15-13-27)17-21(30)29-11-9-24(22(29)18-6-5-10-25-16-18)19-7-3-4-8-20(19)26-23(24)31/h3-8,10,16,22H,2,9,11-15,17H2,1H3,(H,26,31). The fourth-order valence-corrected chi connectivity index (χ4v) is 5.50. The van der Waals surface area contributed by atoms with Gasteiger partial charge >= 0.3 is 0 Å². The van der Waals surface area contributed by atoms with E-state index in [1.807, 2.05) is 41.3 Å². The van der Waals surface area contributed by atoms with Gasteiger partial charge in [-0.25, -0.2) is 0 Å². The molecule has 0 radical (unpaired) electrons. The summed E-state index contributed by atoms with van der Waals surface area (Å²) in [6.45, 7) is 7.98. The van der Waals surface area contributed by atoms with Gasteiger partial charge in [0.1, 0.15) is 5.41 Å². The molecule has 1 N–H and O–H groups in total. The molecule has 2 fully saturated rings. The number of carbonyl (C=O) groups is 2.